The van der Waals surface area contributed by atoms with Crippen molar-refractivity contribution in [2.24, 2.45) is 0 Å². The molecule has 2 N–H and O–H groups in total. The van der Waals surface area contributed by atoms with Crippen LogP contribution in [0, 0.1) is 6.92 Å². The minimum Gasteiger partial charge on any atom is -0.508 e. The van der Waals surface area contributed by atoms with E-state index in [2.05, 4.69) is 0 Å². The molecule has 0 fully saturated rings. The molecule has 0 saturated carbocycles. The van der Waals surface area contributed by atoms with E-state index in [-0.39, 0.29) is 17.4 Å². The van der Waals surface area contributed by atoms with Gasteiger partial charge in [0, 0.05) is 28.2 Å². The number of carbonyl (C=O) groups is 2. The SMILES string of the molecule is CCOC(=O)c1c(C)n(CC)c2cccc(C(C(=O)O)c3cc(O)cc(Cl)c3)c12. The number of benzene rings is 2. The quantitative estimate of drug-likeness (QED) is 0.568. The van der Waals surface area contributed by atoms with Crippen molar-refractivity contribution in [3.05, 3.63) is 63.8 Å². The predicted octanol–water partition coefficient (Wildman–Crippen LogP) is 4.72. The second kappa shape index (κ2) is 8.17. The molecule has 3 aromatic rings. The first-order chi connectivity index (χ1) is 13.8. The number of ether oxygens (including phenoxy) is 1. The number of aryl methyl sites for hydroxylation is 1. The van der Waals surface area contributed by atoms with E-state index in [0.717, 1.165) is 5.52 Å². The Hall–Kier alpha value is -2.99. The van der Waals surface area contributed by atoms with Gasteiger partial charge in [0.1, 0.15) is 11.7 Å². The average Bonchev–Trinajstić information content (AvgIpc) is 2.93. The molecule has 0 aliphatic heterocycles. The highest BCUT2D eigenvalue weighted by Gasteiger charge is 2.30. The van der Waals surface area contributed by atoms with Crippen LogP contribution in [0.4, 0.5) is 0 Å². The molecular formula is C22H22ClNO5. The van der Waals surface area contributed by atoms with Crippen LogP contribution in [-0.4, -0.2) is 33.3 Å². The lowest BCUT2D eigenvalue weighted by Crippen LogP contribution is -2.15. The Kier molecular flexibility index (Phi) is 5.84. The zero-order valence-electron chi connectivity index (χ0n) is 16.4. The summed E-state index contributed by atoms with van der Waals surface area (Å²) < 4.78 is 7.21. The van der Waals surface area contributed by atoms with Gasteiger partial charge in [-0.1, -0.05) is 23.7 Å². The fourth-order valence-electron chi connectivity index (χ4n) is 3.87. The number of esters is 1. The van der Waals surface area contributed by atoms with E-state index >= 15 is 0 Å². The molecule has 29 heavy (non-hydrogen) atoms. The van der Waals surface area contributed by atoms with E-state index in [1.807, 2.05) is 24.5 Å². The summed E-state index contributed by atoms with van der Waals surface area (Å²) in [5.74, 6) is -2.86. The number of nitrogens with zero attached hydrogens (tertiary/aromatic N) is 1. The molecule has 7 heteroatoms. The summed E-state index contributed by atoms with van der Waals surface area (Å²) in [7, 11) is 0. The number of hydrogen-bond acceptors (Lipinski definition) is 4. The summed E-state index contributed by atoms with van der Waals surface area (Å²) in [4.78, 5) is 25.0. The molecular weight excluding hydrogens is 394 g/mol. The van der Waals surface area contributed by atoms with Gasteiger partial charge in [0.25, 0.3) is 0 Å². The fourth-order valence-corrected chi connectivity index (χ4v) is 4.11. The molecule has 0 radical (unpaired) electrons. The number of hydrogen-bond donors (Lipinski definition) is 2. The summed E-state index contributed by atoms with van der Waals surface area (Å²) >= 11 is 6.05. The minimum atomic E-state index is -1.12. The summed E-state index contributed by atoms with van der Waals surface area (Å²) in [6, 6.07) is 9.52. The van der Waals surface area contributed by atoms with Crippen LogP contribution in [-0.2, 0) is 16.1 Å². The van der Waals surface area contributed by atoms with Crippen LogP contribution < -0.4 is 0 Å². The monoisotopic (exact) mass is 415 g/mol. The van der Waals surface area contributed by atoms with Crippen LogP contribution in [0.1, 0.15) is 46.9 Å². The zero-order valence-corrected chi connectivity index (χ0v) is 17.2. The van der Waals surface area contributed by atoms with Crippen molar-refractivity contribution in [1.29, 1.82) is 0 Å². The minimum absolute atomic E-state index is 0.126. The van der Waals surface area contributed by atoms with Gasteiger partial charge in [0.15, 0.2) is 0 Å². The number of rotatable bonds is 6. The molecule has 0 bridgehead atoms. The first kappa shape index (κ1) is 20.7. The molecule has 152 valence electrons. The molecule has 6 nitrogen and oxygen atoms in total. The van der Waals surface area contributed by atoms with Crippen molar-refractivity contribution in [2.45, 2.75) is 33.2 Å². The maximum atomic E-state index is 12.8. The number of phenols is 1. The van der Waals surface area contributed by atoms with Crippen LogP contribution >= 0.6 is 11.6 Å². The Morgan fingerprint density at radius 2 is 1.93 bits per heavy atom. The van der Waals surface area contributed by atoms with Crippen LogP contribution in [0.5, 0.6) is 5.75 Å². The van der Waals surface area contributed by atoms with Gasteiger partial charge in [-0.05, 0) is 56.2 Å². The predicted molar refractivity (Wildman–Crippen MR) is 111 cm³/mol. The first-order valence-corrected chi connectivity index (χ1v) is 9.68. The number of phenolic OH excluding ortho intramolecular Hbond substituents is 1. The van der Waals surface area contributed by atoms with E-state index in [9.17, 15) is 19.8 Å². The zero-order chi connectivity index (χ0) is 21.3. The highest BCUT2D eigenvalue weighted by atomic mass is 35.5. The van der Waals surface area contributed by atoms with Gasteiger partial charge in [-0.3, -0.25) is 4.79 Å². The maximum absolute atomic E-state index is 12.8. The Labute approximate surface area is 173 Å². The number of carboxylic acid groups (broad SMARTS) is 1. The second-order valence-electron chi connectivity index (χ2n) is 6.68. The third-order valence-electron chi connectivity index (χ3n) is 4.97. The molecule has 3 rings (SSSR count). The van der Waals surface area contributed by atoms with Gasteiger partial charge in [-0.2, -0.15) is 0 Å². The molecule has 0 spiro atoms. The second-order valence-corrected chi connectivity index (χ2v) is 7.12. The number of fused-ring (bicyclic) bond motifs is 1. The van der Waals surface area contributed by atoms with E-state index in [4.69, 9.17) is 16.3 Å². The Balaban J connectivity index is 2.38. The standard InChI is InChI=1S/C22H22ClNO5/c1-4-24-12(3)18(22(28)29-5-2)20-16(7-6-8-17(20)24)19(21(26)27)13-9-14(23)11-15(25)10-13/h6-11,19,25H,4-5H2,1-3H3,(H,26,27). The lowest BCUT2D eigenvalue weighted by atomic mass is 9.87. The number of aromatic hydroxyl groups is 1. The Bertz CT molecular complexity index is 1080. The van der Waals surface area contributed by atoms with Crippen molar-refractivity contribution in [3.8, 4) is 5.75 Å². The normalized spacial score (nSPS) is 12.1. The highest BCUT2D eigenvalue weighted by Crippen LogP contribution is 2.38. The van der Waals surface area contributed by atoms with E-state index in [0.29, 0.717) is 34.3 Å². The van der Waals surface area contributed by atoms with Gasteiger partial charge in [0.05, 0.1) is 12.2 Å². The van der Waals surface area contributed by atoms with E-state index in [1.165, 1.54) is 18.2 Å². The number of carboxylic acids is 1. The van der Waals surface area contributed by atoms with Crippen LogP contribution in [0.25, 0.3) is 10.9 Å². The van der Waals surface area contributed by atoms with Crippen molar-refractivity contribution in [1.82, 2.24) is 4.57 Å². The van der Waals surface area contributed by atoms with Gasteiger partial charge in [-0.25, -0.2) is 4.79 Å². The summed E-state index contributed by atoms with van der Waals surface area (Å²) in [6.07, 6.45) is 0. The average molecular weight is 416 g/mol. The number of carbonyl (C=O) groups excluding carboxylic acids is 1. The molecule has 0 aliphatic rings. The smallest absolute Gasteiger partial charge is 0.340 e. The molecule has 1 aromatic heterocycles. The molecule has 0 amide bonds. The van der Waals surface area contributed by atoms with Gasteiger partial charge < -0.3 is 19.5 Å². The molecule has 1 atom stereocenters. The molecule has 2 aromatic carbocycles. The van der Waals surface area contributed by atoms with Crippen molar-refractivity contribution >= 4 is 34.4 Å². The molecule has 0 aliphatic carbocycles. The van der Waals surface area contributed by atoms with Crippen molar-refractivity contribution < 1.29 is 24.5 Å². The third kappa shape index (κ3) is 3.68. The first-order valence-electron chi connectivity index (χ1n) is 9.31. The third-order valence-corrected chi connectivity index (χ3v) is 5.19. The number of halogens is 1. The van der Waals surface area contributed by atoms with Gasteiger partial charge in [0.2, 0.25) is 0 Å². The van der Waals surface area contributed by atoms with Gasteiger partial charge >= 0.3 is 11.9 Å². The number of aromatic nitrogens is 1. The number of aliphatic carboxylic acids is 1. The van der Waals surface area contributed by atoms with Crippen molar-refractivity contribution in [3.63, 3.8) is 0 Å². The fraction of sp³-hybridized carbons (Fsp3) is 0.273. The summed E-state index contributed by atoms with van der Waals surface area (Å²) in [5.41, 5.74) is 2.59. The summed E-state index contributed by atoms with van der Waals surface area (Å²) in [6.45, 7) is 6.32. The van der Waals surface area contributed by atoms with Crippen LogP contribution in [0.2, 0.25) is 5.02 Å². The van der Waals surface area contributed by atoms with E-state index < -0.39 is 17.9 Å². The highest BCUT2D eigenvalue weighted by molar-refractivity contribution is 6.30. The van der Waals surface area contributed by atoms with E-state index in [1.54, 1.807) is 19.1 Å². The lowest BCUT2D eigenvalue weighted by molar-refractivity contribution is -0.137. The largest absolute Gasteiger partial charge is 0.508 e. The van der Waals surface area contributed by atoms with Crippen LogP contribution in [0.3, 0.4) is 0 Å². The Morgan fingerprint density at radius 1 is 1.21 bits per heavy atom. The molecule has 1 heterocycles. The van der Waals surface area contributed by atoms with Crippen LogP contribution in [0.15, 0.2) is 36.4 Å². The molecule has 0 saturated heterocycles. The van der Waals surface area contributed by atoms with Gasteiger partial charge in [-0.15, -0.1) is 0 Å². The summed E-state index contributed by atoms with van der Waals surface area (Å²) in [5, 5.41) is 20.7. The lowest BCUT2D eigenvalue weighted by Gasteiger charge is -2.16. The molecule has 1 unspecified atom stereocenters. The topological polar surface area (TPSA) is 88.8 Å². The Morgan fingerprint density at radius 3 is 2.52 bits per heavy atom. The maximum Gasteiger partial charge on any atom is 0.340 e. The van der Waals surface area contributed by atoms with Crippen molar-refractivity contribution in [2.75, 3.05) is 6.61 Å².